The molecule has 0 spiro atoms. The molecule has 2 aromatic rings. The molecule has 2 aliphatic rings. The standard InChI is InChI=1S/C20H23FN4O5/c1-11-9-23(5-6-24(11)19(27)22-2)16-8-15-13(7-14(16)21)18(26)17(30-20(28)29)10-25(15)12-3-4-12/h7-8,10-12H,3-6,9H2,1-2H3,(H,22,27)(H,28,29). The van der Waals surface area contributed by atoms with Gasteiger partial charge in [-0.05, 0) is 31.9 Å². The van der Waals surface area contributed by atoms with Crippen LogP contribution in [0.2, 0.25) is 0 Å². The fourth-order valence-electron chi connectivity index (χ4n) is 4.02. The smallest absolute Gasteiger partial charge is 0.449 e. The molecule has 4 rings (SSSR count). The molecule has 1 aliphatic carbocycles. The Labute approximate surface area is 171 Å². The van der Waals surface area contributed by atoms with Crippen LogP contribution in [0.4, 0.5) is 19.7 Å². The number of urea groups is 1. The Hall–Kier alpha value is -3.30. The van der Waals surface area contributed by atoms with E-state index in [2.05, 4.69) is 10.1 Å². The van der Waals surface area contributed by atoms with Crippen LogP contribution in [-0.4, -0.2) is 59.5 Å². The lowest BCUT2D eigenvalue weighted by Crippen LogP contribution is -2.56. The lowest BCUT2D eigenvalue weighted by atomic mass is 10.1. The molecular weight excluding hydrogens is 395 g/mol. The van der Waals surface area contributed by atoms with E-state index in [1.165, 1.54) is 6.20 Å². The number of ether oxygens (including phenoxy) is 1. The number of fused-ring (bicyclic) bond motifs is 1. The van der Waals surface area contributed by atoms with Crippen LogP contribution in [0.25, 0.3) is 10.9 Å². The van der Waals surface area contributed by atoms with Gasteiger partial charge >= 0.3 is 12.2 Å². The summed E-state index contributed by atoms with van der Waals surface area (Å²) in [5, 5.41) is 11.6. The van der Waals surface area contributed by atoms with Gasteiger partial charge in [0.1, 0.15) is 5.82 Å². The maximum Gasteiger partial charge on any atom is 0.511 e. The molecule has 1 aromatic carbocycles. The number of piperazine rings is 1. The van der Waals surface area contributed by atoms with Gasteiger partial charge in [0.2, 0.25) is 5.43 Å². The SMILES string of the molecule is CNC(=O)N1CCN(c2cc3c(cc2F)c(=O)c(OC(=O)O)cn3C2CC2)CC1C. The van der Waals surface area contributed by atoms with Crippen molar-refractivity contribution >= 4 is 28.8 Å². The fraction of sp³-hybridized carbons (Fsp3) is 0.450. The quantitative estimate of drug-likeness (QED) is 0.742. The number of hydrogen-bond acceptors (Lipinski definition) is 5. The van der Waals surface area contributed by atoms with Gasteiger partial charge in [-0.3, -0.25) is 4.79 Å². The van der Waals surface area contributed by atoms with Crippen molar-refractivity contribution in [2.45, 2.75) is 31.8 Å². The first-order chi connectivity index (χ1) is 14.3. The molecule has 30 heavy (non-hydrogen) atoms. The van der Waals surface area contributed by atoms with Crippen molar-refractivity contribution in [3.05, 3.63) is 34.4 Å². The predicted octanol–water partition coefficient (Wildman–Crippen LogP) is 2.38. The Kier molecular flexibility index (Phi) is 5.00. The number of carbonyl (C=O) groups excluding carboxylic acids is 1. The zero-order valence-electron chi connectivity index (χ0n) is 16.7. The third-order valence-corrected chi connectivity index (χ3v) is 5.65. The van der Waals surface area contributed by atoms with Crippen LogP contribution in [-0.2, 0) is 0 Å². The molecule has 1 saturated heterocycles. The second-order valence-corrected chi connectivity index (χ2v) is 7.69. The van der Waals surface area contributed by atoms with E-state index in [-0.39, 0.29) is 29.3 Å². The Balaban J connectivity index is 1.75. The third-order valence-electron chi connectivity index (χ3n) is 5.65. The number of rotatable bonds is 3. The van der Waals surface area contributed by atoms with Gasteiger partial charge in [-0.2, -0.15) is 0 Å². The highest BCUT2D eigenvalue weighted by Gasteiger charge is 2.30. The number of nitrogens with zero attached hydrogens (tertiary/aromatic N) is 3. The second-order valence-electron chi connectivity index (χ2n) is 7.69. The molecule has 160 valence electrons. The average molecular weight is 418 g/mol. The number of benzene rings is 1. The maximum absolute atomic E-state index is 15.0. The number of carbonyl (C=O) groups is 2. The largest absolute Gasteiger partial charge is 0.511 e. The molecule has 0 radical (unpaired) electrons. The molecule has 1 atom stereocenters. The number of anilines is 1. The first-order valence-electron chi connectivity index (χ1n) is 9.82. The van der Waals surface area contributed by atoms with Gasteiger partial charge in [0.05, 0.1) is 22.8 Å². The molecule has 2 N–H and O–H groups in total. The molecule has 1 aliphatic heterocycles. The molecule has 2 heterocycles. The molecule has 2 fully saturated rings. The number of hydrogen-bond donors (Lipinski definition) is 2. The van der Waals surface area contributed by atoms with Crippen LogP contribution in [0.1, 0.15) is 25.8 Å². The van der Waals surface area contributed by atoms with Crippen LogP contribution in [0, 0.1) is 5.82 Å². The molecule has 1 saturated carbocycles. The average Bonchev–Trinajstić information content (AvgIpc) is 3.54. The summed E-state index contributed by atoms with van der Waals surface area (Å²) in [6.45, 7) is 3.24. The molecule has 9 nitrogen and oxygen atoms in total. The van der Waals surface area contributed by atoms with Crippen molar-refractivity contribution < 1.29 is 23.8 Å². The minimum Gasteiger partial charge on any atom is -0.449 e. The Morgan fingerprint density at radius 1 is 1.27 bits per heavy atom. The van der Waals surface area contributed by atoms with E-state index in [9.17, 15) is 14.4 Å². The summed E-state index contributed by atoms with van der Waals surface area (Å²) < 4.78 is 21.5. The normalized spacial score (nSPS) is 19.1. The highest BCUT2D eigenvalue weighted by atomic mass is 19.1. The van der Waals surface area contributed by atoms with Gasteiger partial charge in [0.25, 0.3) is 0 Å². The highest BCUT2D eigenvalue weighted by Crippen LogP contribution is 2.39. The molecule has 2 amide bonds. The second kappa shape index (κ2) is 7.51. The predicted molar refractivity (Wildman–Crippen MR) is 108 cm³/mol. The molecule has 1 unspecified atom stereocenters. The summed E-state index contributed by atoms with van der Waals surface area (Å²) in [5.41, 5.74) is 0.234. The Morgan fingerprint density at radius 3 is 2.60 bits per heavy atom. The van der Waals surface area contributed by atoms with Crippen molar-refractivity contribution in [2.75, 3.05) is 31.6 Å². The van der Waals surface area contributed by atoms with E-state index in [0.29, 0.717) is 30.8 Å². The number of amides is 2. The summed E-state index contributed by atoms with van der Waals surface area (Å²) in [6, 6.07) is 2.61. The van der Waals surface area contributed by atoms with Gasteiger partial charge in [0, 0.05) is 38.8 Å². The first kappa shape index (κ1) is 20.0. The van der Waals surface area contributed by atoms with Crippen molar-refractivity contribution in [1.29, 1.82) is 0 Å². The van der Waals surface area contributed by atoms with Crippen LogP contribution in [0.5, 0.6) is 5.75 Å². The maximum atomic E-state index is 15.0. The summed E-state index contributed by atoms with van der Waals surface area (Å²) in [4.78, 5) is 39.1. The first-order valence-corrected chi connectivity index (χ1v) is 9.82. The Morgan fingerprint density at radius 2 is 2.00 bits per heavy atom. The highest BCUT2D eigenvalue weighted by molar-refractivity contribution is 5.85. The minimum atomic E-state index is -1.59. The lowest BCUT2D eigenvalue weighted by Gasteiger charge is -2.40. The number of pyridine rings is 1. The van der Waals surface area contributed by atoms with Crippen molar-refractivity contribution in [3.63, 3.8) is 0 Å². The van der Waals surface area contributed by atoms with E-state index in [4.69, 9.17) is 5.11 Å². The zero-order valence-corrected chi connectivity index (χ0v) is 16.7. The van der Waals surface area contributed by atoms with Crippen LogP contribution in [0.3, 0.4) is 0 Å². The van der Waals surface area contributed by atoms with Gasteiger partial charge in [-0.1, -0.05) is 0 Å². The summed E-state index contributed by atoms with van der Waals surface area (Å²) in [6.07, 6.45) is 1.58. The van der Waals surface area contributed by atoms with Crippen molar-refractivity contribution in [1.82, 2.24) is 14.8 Å². The molecule has 1 aromatic heterocycles. The summed E-state index contributed by atoms with van der Waals surface area (Å²) in [5.74, 6) is -0.906. The summed E-state index contributed by atoms with van der Waals surface area (Å²) >= 11 is 0. The van der Waals surface area contributed by atoms with E-state index in [0.717, 1.165) is 18.9 Å². The van der Waals surface area contributed by atoms with Crippen LogP contribution in [0.15, 0.2) is 23.1 Å². The molecular formula is C20H23FN4O5. The zero-order chi connectivity index (χ0) is 21.6. The number of carboxylic acid groups (broad SMARTS) is 1. The lowest BCUT2D eigenvalue weighted by molar-refractivity contribution is 0.143. The summed E-state index contributed by atoms with van der Waals surface area (Å²) in [7, 11) is 1.57. The van der Waals surface area contributed by atoms with E-state index >= 15 is 4.39 Å². The molecule has 0 bridgehead atoms. The molecule has 10 heteroatoms. The van der Waals surface area contributed by atoms with E-state index < -0.39 is 17.4 Å². The monoisotopic (exact) mass is 418 g/mol. The number of nitrogens with one attached hydrogen (secondary N) is 1. The number of aromatic nitrogens is 1. The van der Waals surface area contributed by atoms with Crippen molar-refractivity contribution in [2.24, 2.45) is 0 Å². The van der Waals surface area contributed by atoms with Crippen molar-refractivity contribution in [3.8, 4) is 5.75 Å². The van der Waals surface area contributed by atoms with Gasteiger partial charge in [-0.25, -0.2) is 14.0 Å². The van der Waals surface area contributed by atoms with E-state index in [1.807, 2.05) is 11.8 Å². The van der Waals surface area contributed by atoms with Gasteiger partial charge in [0.15, 0.2) is 5.75 Å². The topological polar surface area (TPSA) is 104 Å². The number of halogens is 1. The van der Waals surface area contributed by atoms with Gasteiger partial charge < -0.3 is 29.5 Å². The fourth-order valence-corrected chi connectivity index (χ4v) is 4.02. The van der Waals surface area contributed by atoms with E-state index in [1.54, 1.807) is 22.6 Å². The Bertz CT molecular complexity index is 1080. The minimum absolute atomic E-state index is 0.0824. The van der Waals surface area contributed by atoms with Crippen LogP contribution < -0.4 is 20.4 Å². The van der Waals surface area contributed by atoms with Gasteiger partial charge in [-0.15, -0.1) is 0 Å². The van der Waals surface area contributed by atoms with Crippen LogP contribution >= 0.6 is 0 Å². The third kappa shape index (κ3) is 3.53.